The van der Waals surface area contributed by atoms with Crippen LogP contribution >= 0.6 is 0 Å². The highest BCUT2D eigenvalue weighted by molar-refractivity contribution is 6.10. The summed E-state index contributed by atoms with van der Waals surface area (Å²) in [6.07, 6.45) is 5.35. The molecule has 0 N–H and O–H groups in total. The summed E-state index contributed by atoms with van der Waals surface area (Å²) in [6, 6.07) is 5.71. The number of carbonyl (C=O) groups is 2. The van der Waals surface area contributed by atoms with Gasteiger partial charge >= 0.3 is 0 Å². The molecule has 1 aromatic carbocycles. The maximum Gasteiger partial charge on any atom is 0.163 e. The second-order valence-corrected chi connectivity index (χ2v) is 4.44. The molecule has 2 aliphatic carbocycles. The zero-order chi connectivity index (χ0) is 11.1. The molecule has 16 heavy (non-hydrogen) atoms. The fourth-order valence-corrected chi connectivity index (χ4v) is 2.81. The smallest absolute Gasteiger partial charge is 0.163 e. The Morgan fingerprint density at radius 3 is 2.88 bits per heavy atom. The Morgan fingerprint density at radius 2 is 2.06 bits per heavy atom. The van der Waals surface area contributed by atoms with Crippen LogP contribution in [0.15, 0.2) is 24.3 Å². The first-order chi connectivity index (χ1) is 7.81. The van der Waals surface area contributed by atoms with E-state index in [1.807, 2.05) is 24.3 Å². The van der Waals surface area contributed by atoms with Gasteiger partial charge in [0.1, 0.15) is 6.29 Å². The third kappa shape index (κ3) is 1.19. The van der Waals surface area contributed by atoms with Crippen LogP contribution in [0.1, 0.15) is 46.7 Å². The molecular weight excluding hydrogens is 200 g/mol. The summed E-state index contributed by atoms with van der Waals surface area (Å²) in [7, 11) is 0. The number of hydrogen-bond donors (Lipinski definition) is 0. The summed E-state index contributed by atoms with van der Waals surface area (Å²) in [5.41, 5.74) is 3.66. The van der Waals surface area contributed by atoms with Crippen LogP contribution in [0.25, 0.3) is 5.57 Å². The largest absolute Gasteiger partial charge is 0.298 e. The van der Waals surface area contributed by atoms with Gasteiger partial charge in [0.15, 0.2) is 5.78 Å². The Labute approximate surface area is 94.0 Å². The van der Waals surface area contributed by atoms with Gasteiger partial charge in [-0.3, -0.25) is 9.59 Å². The highest BCUT2D eigenvalue weighted by atomic mass is 16.1. The van der Waals surface area contributed by atoms with Crippen molar-refractivity contribution in [3.63, 3.8) is 0 Å². The standard InChI is InChI=1S/C14H12O2/c15-8-10-5-4-9-6-7-13(16)12-3-1-2-11(10)14(9)12/h1-3,5,8-9H,4,6-7H2. The van der Waals surface area contributed by atoms with Crippen LogP contribution < -0.4 is 0 Å². The van der Waals surface area contributed by atoms with Gasteiger partial charge < -0.3 is 0 Å². The number of carbonyl (C=O) groups excluding carboxylic acids is 2. The lowest BCUT2D eigenvalue weighted by Crippen LogP contribution is -2.19. The van der Waals surface area contributed by atoms with Crippen LogP contribution in [0, 0.1) is 0 Å². The minimum absolute atomic E-state index is 0.222. The van der Waals surface area contributed by atoms with E-state index in [2.05, 4.69) is 0 Å². The van der Waals surface area contributed by atoms with Crippen molar-refractivity contribution in [1.82, 2.24) is 0 Å². The van der Waals surface area contributed by atoms with Gasteiger partial charge in [0, 0.05) is 17.6 Å². The summed E-state index contributed by atoms with van der Waals surface area (Å²) in [5, 5.41) is 0. The van der Waals surface area contributed by atoms with Crippen molar-refractivity contribution in [3.05, 3.63) is 41.0 Å². The first-order valence-corrected chi connectivity index (χ1v) is 5.63. The van der Waals surface area contributed by atoms with Crippen molar-refractivity contribution in [3.8, 4) is 0 Å². The van der Waals surface area contributed by atoms with Crippen molar-refractivity contribution >= 4 is 17.6 Å². The maximum atomic E-state index is 11.8. The van der Waals surface area contributed by atoms with Crippen LogP contribution in [0.4, 0.5) is 0 Å². The number of allylic oxidation sites excluding steroid dienone is 2. The van der Waals surface area contributed by atoms with Crippen LogP contribution in [0.5, 0.6) is 0 Å². The van der Waals surface area contributed by atoms with Gasteiger partial charge in [0.05, 0.1) is 0 Å². The van der Waals surface area contributed by atoms with Crippen molar-refractivity contribution in [1.29, 1.82) is 0 Å². The minimum Gasteiger partial charge on any atom is -0.298 e. The predicted molar refractivity (Wildman–Crippen MR) is 61.4 cm³/mol. The Morgan fingerprint density at radius 1 is 1.25 bits per heavy atom. The molecule has 0 aromatic heterocycles. The van der Waals surface area contributed by atoms with Crippen LogP contribution in [0.2, 0.25) is 0 Å². The van der Waals surface area contributed by atoms with Crippen molar-refractivity contribution in [2.75, 3.05) is 0 Å². The summed E-state index contributed by atoms with van der Waals surface area (Å²) in [6.45, 7) is 0. The summed E-state index contributed by atoms with van der Waals surface area (Å²) in [4.78, 5) is 22.8. The van der Waals surface area contributed by atoms with E-state index in [0.717, 1.165) is 41.4 Å². The van der Waals surface area contributed by atoms with E-state index in [1.165, 1.54) is 0 Å². The Bertz CT molecular complexity index is 511. The molecule has 1 atom stereocenters. The molecule has 2 nitrogen and oxygen atoms in total. The van der Waals surface area contributed by atoms with Gasteiger partial charge in [-0.2, -0.15) is 0 Å². The molecule has 0 amide bonds. The molecule has 0 fully saturated rings. The first-order valence-electron chi connectivity index (χ1n) is 5.63. The molecule has 0 heterocycles. The van der Waals surface area contributed by atoms with Crippen molar-refractivity contribution < 1.29 is 9.59 Å². The quantitative estimate of drug-likeness (QED) is 0.671. The first kappa shape index (κ1) is 9.52. The zero-order valence-corrected chi connectivity index (χ0v) is 8.90. The van der Waals surface area contributed by atoms with Crippen molar-refractivity contribution in [2.24, 2.45) is 0 Å². The van der Waals surface area contributed by atoms with E-state index in [9.17, 15) is 9.59 Å². The molecule has 0 saturated heterocycles. The fraction of sp³-hybridized carbons (Fsp3) is 0.286. The minimum atomic E-state index is 0.222. The van der Waals surface area contributed by atoms with E-state index in [1.54, 1.807) is 0 Å². The van der Waals surface area contributed by atoms with Crippen LogP contribution in [-0.2, 0) is 4.79 Å². The van der Waals surface area contributed by atoms with Gasteiger partial charge in [-0.25, -0.2) is 0 Å². The number of benzene rings is 1. The van der Waals surface area contributed by atoms with Gasteiger partial charge in [0.2, 0.25) is 0 Å². The van der Waals surface area contributed by atoms with E-state index in [4.69, 9.17) is 0 Å². The van der Waals surface area contributed by atoms with E-state index in [0.29, 0.717) is 12.3 Å². The number of hydrogen-bond acceptors (Lipinski definition) is 2. The number of rotatable bonds is 1. The molecule has 2 heteroatoms. The molecule has 2 aliphatic rings. The Hall–Kier alpha value is -1.70. The average Bonchev–Trinajstić information content (AvgIpc) is 2.34. The monoisotopic (exact) mass is 212 g/mol. The molecule has 0 bridgehead atoms. The number of Topliss-reactive ketones (excluding diaryl/α,β-unsaturated/α-hetero) is 1. The highest BCUT2D eigenvalue weighted by Gasteiger charge is 2.30. The fourth-order valence-electron chi connectivity index (χ4n) is 2.81. The van der Waals surface area contributed by atoms with Crippen LogP contribution in [-0.4, -0.2) is 12.1 Å². The zero-order valence-electron chi connectivity index (χ0n) is 8.90. The molecule has 0 saturated carbocycles. The third-order valence-corrected chi connectivity index (χ3v) is 3.59. The van der Waals surface area contributed by atoms with E-state index in [-0.39, 0.29) is 5.78 Å². The average molecular weight is 212 g/mol. The molecule has 80 valence electrons. The highest BCUT2D eigenvalue weighted by Crippen LogP contribution is 2.41. The third-order valence-electron chi connectivity index (χ3n) is 3.59. The molecule has 0 radical (unpaired) electrons. The SMILES string of the molecule is O=CC1=CCC2CCC(=O)c3cccc1c32. The van der Waals surface area contributed by atoms with E-state index < -0.39 is 0 Å². The number of aldehydes is 1. The predicted octanol–water partition coefficient (Wildman–Crippen LogP) is 2.73. The van der Waals surface area contributed by atoms with Gasteiger partial charge in [0.25, 0.3) is 0 Å². The lowest BCUT2D eigenvalue weighted by Gasteiger charge is -2.29. The van der Waals surface area contributed by atoms with Gasteiger partial charge in [-0.1, -0.05) is 24.3 Å². The van der Waals surface area contributed by atoms with Gasteiger partial charge in [-0.05, 0) is 29.9 Å². The topological polar surface area (TPSA) is 34.1 Å². The molecular formula is C14H12O2. The summed E-state index contributed by atoms with van der Waals surface area (Å²) < 4.78 is 0. The summed E-state index contributed by atoms with van der Waals surface area (Å²) >= 11 is 0. The lowest BCUT2D eigenvalue weighted by atomic mass is 9.73. The summed E-state index contributed by atoms with van der Waals surface area (Å²) in [5.74, 6) is 0.660. The molecule has 0 aliphatic heterocycles. The second kappa shape index (κ2) is 3.41. The Kier molecular flexibility index (Phi) is 2.03. The van der Waals surface area contributed by atoms with Crippen LogP contribution in [0.3, 0.4) is 0 Å². The normalized spacial score (nSPS) is 22.4. The maximum absolute atomic E-state index is 11.8. The van der Waals surface area contributed by atoms with E-state index >= 15 is 0 Å². The van der Waals surface area contributed by atoms with Gasteiger partial charge in [-0.15, -0.1) is 0 Å². The number of ketones is 1. The molecule has 0 spiro atoms. The molecule has 1 unspecified atom stereocenters. The Balaban J connectivity index is 2.28. The molecule has 3 rings (SSSR count). The van der Waals surface area contributed by atoms with Crippen molar-refractivity contribution in [2.45, 2.75) is 25.2 Å². The lowest BCUT2D eigenvalue weighted by molar-refractivity contribution is -0.103. The second-order valence-electron chi connectivity index (χ2n) is 4.44. The molecule has 1 aromatic rings.